The minimum absolute atomic E-state index is 0.168. The van der Waals surface area contributed by atoms with Crippen molar-refractivity contribution in [2.24, 2.45) is 0 Å². The van der Waals surface area contributed by atoms with Crippen LogP contribution in [0.15, 0.2) is 12.3 Å². The van der Waals surface area contributed by atoms with E-state index in [4.69, 9.17) is 0 Å². The van der Waals surface area contributed by atoms with E-state index >= 15 is 0 Å². The van der Waals surface area contributed by atoms with Crippen LogP contribution >= 0.6 is 0 Å². The molecule has 0 unspecified atom stereocenters. The predicted octanol–water partition coefficient (Wildman–Crippen LogP) is 2.62. The Morgan fingerprint density at radius 1 is 1.33 bits per heavy atom. The van der Waals surface area contributed by atoms with Crippen LogP contribution in [0.3, 0.4) is 0 Å². The molecule has 0 aromatic rings. The molecule has 0 aliphatic heterocycles. The molecule has 1 N–H and O–H groups in total. The molecule has 0 aromatic heterocycles. The molecule has 3 nitrogen and oxygen atoms in total. The van der Waals surface area contributed by atoms with Crippen molar-refractivity contribution in [1.82, 2.24) is 5.32 Å². The molecule has 15 heavy (non-hydrogen) atoms. The standard InChI is InChI=1S/C12H23NO2/c1-3-4-5-6-7-8-10-13-11-9-12(14)15-2/h8,10,13H,3-7,9,11H2,1-2H3. The number of methoxy groups -OCH3 is 1. The Kier molecular flexibility index (Phi) is 10.4. The van der Waals surface area contributed by atoms with Gasteiger partial charge in [0.25, 0.3) is 0 Å². The Morgan fingerprint density at radius 2 is 2.13 bits per heavy atom. The molecule has 0 aliphatic rings. The average Bonchev–Trinajstić information content (AvgIpc) is 2.26. The summed E-state index contributed by atoms with van der Waals surface area (Å²) in [7, 11) is 1.41. The minimum Gasteiger partial charge on any atom is -0.469 e. The zero-order valence-electron chi connectivity index (χ0n) is 9.92. The maximum absolute atomic E-state index is 10.7. The summed E-state index contributed by atoms with van der Waals surface area (Å²) < 4.78 is 4.52. The number of hydrogen-bond donors (Lipinski definition) is 1. The highest BCUT2D eigenvalue weighted by molar-refractivity contribution is 5.69. The molecule has 3 heteroatoms. The molecule has 0 heterocycles. The van der Waals surface area contributed by atoms with Crippen molar-refractivity contribution in [2.75, 3.05) is 13.7 Å². The molecule has 0 atom stereocenters. The normalized spacial score (nSPS) is 10.5. The number of hydrogen-bond acceptors (Lipinski definition) is 3. The Bertz CT molecular complexity index is 178. The van der Waals surface area contributed by atoms with Gasteiger partial charge in [-0.3, -0.25) is 4.79 Å². The van der Waals surface area contributed by atoms with E-state index in [-0.39, 0.29) is 5.97 Å². The second-order valence-corrected chi connectivity index (χ2v) is 3.53. The molecule has 0 amide bonds. The van der Waals surface area contributed by atoms with Crippen LogP contribution in [0.2, 0.25) is 0 Å². The SMILES string of the molecule is CCCCCCC=CNCCC(=O)OC. The lowest BCUT2D eigenvalue weighted by molar-refractivity contribution is -0.140. The van der Waals surface area contributed by atoms with Gasteiger partial charge >= 0.3 is 5.97 Å². The molecule has 0 saturated carbocycles. The zero-order chi connectivity index (χ0) is 11.4. The van der Waals surface area contributed by atoms with Gasteiger partial charge in [-0.15, -0.1) is 0 Å². The van der Waals surface area contributed by atoms with Gasteiger partial charge < -0.3 is 10.1 Å². The van der Waals surface area contributed by atoms with Crippen LogP contribution in [-0.2, 0) is 9.53 Å². The van der Waals surface area contributed by atoms with Crippen molar-refractivity contribution in [3.05, 3.63) is 12.3 Å². The fourth-order valence-electron chi connectivity index (χ4n) is 1.22. The summed E-state index contributed by atoms with van der Waals surface area (Å²) in [5, 5.41) is 3.06. The smallest absolute Gasteiger partial charge is 0.307 e. The van der Waals surface area contributed by atoms with Crippen LogP contribution in [0.25, 0.3) is 0 Å². The third kappa shape index (κ3) is 10.9. The number of esters is 1. The highest BCUT2D eigenvalue weighted by Crippen LogP contribution is 2.02. The summed E-state index contributed by atoms with van der Waals surface area (Å²) >= 11 is 0. The number of unbranched alkanes of at least 4 members (excludes halogenated alkanes) is 4. The number of nitrogens with one attached hydrogen (secondary N) is 1. The van der Waals surface area contributed by atoms with E-state index in [1.54, 1.807) is 0 Å². The van der Waals surface area contributed by atoms with Crippen LogP contribution in [0, 0.1) is 0 Å². The first-order valence-corrected chi connectivity index (χ1v) is 5.76. The number of rotatable bonds is 9. The molecular weight excluding hydrogens is 190 g/mol. The van der Waals surface area contributed by atoms with E-state index in [1.807, 2.05) is 6.20 Å². The second-order valence-electron chi connectivity index (χ2n) is 3.53. The first-order chi connectivity index (χ1) is 7.31. The Labute approximate surface area is 92.9 Å². The maximum atomic E-state index is 10.7. The van der Waals surface area contributed by atoms with E-state index in [1.165, 1.54) is 32.8 Å². The summed E-state index contributed by atoms with van der Waals surface area (Å²) in [6, 6.07) is 0. The third-order valence-electron chi connectivity index (χ3n) is 2.16. The average molecular weight is 213 g/mol. The third-order valence-corrected chi connectivity index (χ3v) is 2.16. The number of carbonyl (C=O) groups excluding carboxylic acids is 1. The van der Waals surface area contributed by atoms with E-state index in [9.17, 15) is 4.79 Å². The van der Waals surface area contributed by atoms with Gasteiger partial charge in [-0.05, 0) is 19.0 Å². The van der Waals surface area contributed by atoms with Crippen molar-refractivity contribution >= 4 is 5.97 Å². The summed E-state index contributed by atoms with van der Waals surface area (Å²) in [4.78, 5) is 10.7. The van der Waals surface area contributed by atoms with Crippen LogP contribution in [0.4, 0.5) is 0 Å². The van der Waals surface area contributed by atoms with E-state index in [0.29, 0.717) is 13.0 Å². The van der Waals surface area contributed by atoms with Crippen molar-refractivity contribution in [2.45, 2.75) is 45.4 Å². The maximum Gasteiger partial charge on any atom is 0.307 e. The lowest BCUT2D eigenvalue weighted by atomic mass is 10.1. The van der Waals surface area contributed by atoms with Gasteiger partial charge in [0.2, 0.25) is 0 Å². The predicted molar refractivity (Wildman–Crippen MR) is 62.5 cm³/mol. The second kappa shape index (κ2) is 11.1. The minimum atomic E-state index is -0.168. The summed E-state index contributed by atoms with van der Waals surface area (Å²) in [6.45, 7) is 2.86. The van der Waals surface area contributed by atoms with E-state index in [2.05, 4.69) is 23.1 Å². The molecular formula is C12H23NO2. The lowest BCUT2D eigenvalue weighted by Crippen LogP contribution is -2.12. The highest BCUT2D eigenvalue weighted by Gasteiger charge is 1.95. The van der Waals surface area contributed by atoms with Gasteiger partial charge in [0, 0.05) is 6.54 Å². The van der Waals surface area contributed by atoms with Crippen molar-refractivity contribution in [3.8, 4) is 0 Å². The molecule has 0 aromatic carbocycles. The monoisotopic (exact) mass is 213 g/mol. The largest absolute Gasteiger partial charge is 0.469 e. The van der Waals surface area contributed by atoms with Gasteiger partial charge in [-0.1, -0.05) is 32.3 Å². The zero-order valence-corrected chi connectivity index (χ0v) is 9.92. The Morgan fingerprint density at radius 3 is 2.80 bits per heavy atom. The van der Waals surface area contributed by atoms with Gasteiger partial charge in [0.05, 0.1) is 13.5 Å². The van der Waals surface area contributed by atoms with Gasteiger partial charge in [-0.2, -0.15) is 0 Å². The fraction of sp³-hybridized carbons (Fsp3) is 0.750. The summed E-state index contributed by atoms with van der Waals surface area (Å²) in [6.07, 6.45) is 10.8. The number of allylic oxidation sites excluding steroid dienone is 1. The van der Waals surface area contributed by atoms with E-state index < -0.39 is 0 Å². The Hall–Kier alpha value is -0.990. The van der Waals surface area contributed by atoms with Crippen LogP contribution in [0.5, 0.6) is 0 Å². The van der Waals surface area contributed by atoms with Crippen LogP contribution in [0.1, 0.15) is 45.4 Å². The number of carbonyl (C=O) groups is 1. The molecule has 0 fully saturated rings. The highest BCUT2D eigenvalue weighted by atomic mass is 16.5. The molecule has 0 bridgehead atoms. The summed E-state index contributed by atoms with van der Waals surface area (Å²) in [5.41, 5.74) is 0. The van der Waals surface area contributed by atoms with Crippen molar-refractivity contribution < 1.29 is 9.53 Å². The molecule has 0 rings (SSSR count). The van der Waals surface area contributed by atoms with Crippen LogP contribution in [-0.4, -0.2) is 19.6 Å². The van der Waals surface area contributed by atoms with Crippen LogP contribution < -0.4 is 5.32 Å². The first-order valence-electron chi connectivity index (χ1n) is 5.76. The molecule has 0 saturated heterocycles. The molecule has 0 spiro atoms. The Balaban J connectivity index is 3.14. The number of ether oxygens (including phenoxy) is 1. The fourth-order valence-corrected chi connectivity index (χ4v) is 1.22. The molecule has 0 aliphatic carbocycles. The topological polar surface area (TPSA) is 38.3 Å². The molecule has 88 valence electrons. The quantitative estimate of drug-likeness (QED) is 0.472. The lowest BCUT2D eigenvalue weighted by Gasteiger charge is -1.99. The summed E-state index contributed by atoms with van der Waals surface area (Å²) in [5.74, 6) is -0.168. The van der Waals surface area contributed by atoms with Gasteiger partial charge in [0.15, 0.2) is 0 Å². The van der Waals surface area contributed by atoms with Gasteiger partial charge in [0.1, 0.15) is 0 Å². The molecule has 0 radical (unpaired) electrons. The van der Waals surface area contributed by atoms with Crippen molar-refractivity contribution in [3.63, 3.8) is 0 Å². The van der Waals surface area contributed by atoms with Crippen molar-refractivity contribution in [1.29, 1.82) is 0 Å². The first kappa shape index (κ1) is 14.0. The van der Waals surface area contributed by atoms with E-state index in [0.717, 1.165) is 6.42 Å². The van der Waals surface area contributed by atoms with Gasteiger partial charge in [-0.25, -0.2) is 0 Å².